The molecule has 0 amide bonds. The quantitative estimate of drug-likeness (QED) is 0.535. The van der Waals surface area contributed by atoms with E-state index in [1.54, 1.807) is 44.2 Å². The van der Waals surface area contributed by atoms with E-state index in [0.29, 0.717) is 15.8 Å². The topological polar surface area (TPSA) is 0 Å². The molecule has 18 heavy (non-hydrogen) atoms. The molecule has 0 aromatic heterocycles. The van der Waals surface area contributed by atoms with Crippen LogP contribution in [-0.2, 0) is 0 Å². The van der Waals surface area contributed by atoms with Gasteiger partial charge in [0.25, 0.3) is 0 Å². The van der Waals surface area contributed by atoms with Gasteiger partial charge in [0.2, 0.25) is 0 Å². The van der Waals surface area contributed by atoms with E-state index in [1.807, 2.05) is 0 Å². The maximum atomic E-state index is 2.44. The molecular formula is C16H32P2. The minimum atomic E-state index is 0.404. The van der Waals surface area contributed by atoms with Crippen LogP contribution in [0, 0.1) is 0 Å². The predicted octanol–water partition coefficient (Wildman–Crippen LogP) is 5.87. The molecule has 0 N–H and O–H groups in total. The molecular weight excluding hydrogens is 254 g/mol. The molecule has 2 aliphatic heterocycles. The lowest BCUT2D eigenvalue weighted by Gasteiger charge is -2.27. The Kier molecular flexibility index (Phi) is 6.43. The lowest BCUT2D eigenvalue weighted by molar-refractivity contribution is 0.696. The number of rotatable bonds is 6. The first-order valence-electron chi connectivity index (χ1n) is 8.29. The first kappa shape index (κ1) is 15.3. The average molecular weight is 286 g/mol. The van der Waals surface area contributed by atoms with Crippen LogP contribution in [0.4, 0.5) is 0 Å². The summed E-state index contributed by atoms with van der Waals surface area (Å²) in [5.74, 6) is 0. The van der Waals surface area contributed by atoms with Crippen molar-refractivity contribution in [3.05, 3.63) is 0 Å². The summed E-state index contributed by atoms with van der Waals surface area (Å²) in [5, 5.41) is 0. The van der Waals surface area contributed by atoms with E-state index in [1.165, 1.54) is 19.3 Å². The van der Waals surface area contributed by atoms with Crippen molar-refractivity contribution in [2.24, 2.45) is 0 Å². The van der Waals surface area contributed by atoms with Gasteiger partial charge in [0.15, 0.2) is 0 Å². The smallest absolute Gasteiger partial charge is 0.0209 e. The third-order valence-corrected chi connectivity index (χ3v) is 12.9. The van der Waals surface area contributed by atoms with E-state index < -0.39 is 0 Å². The van der Waals surface area contributed by atoms with Crippen LogP contribution < -0.4 is 0 Å². The number of hydrogen-bond donors (Lipinski definition) is 0. The van der Waals surface area contributed by atoms with E-state index >= 15 is 0 Å². The van der Waals surface area contributed by atoms with Gasteiger partial charge in [0.05, 0.1) is 0 Å². The van der Waals surface area contributed by atoms with Crippen LogP contribution >= 0.6 is 15.8 Å². The Morgan fingerprint density at radius 3 is 1.94 bits per heavy atom. The Bertz CT molecular complexity index is 229. The van der Waals surface area contributed by atoms with Crippen LogP contribution in [0.25, 0.3) is 0 Å². The van der Waals surface area contributed by atoms with Crippen molar-refractivity contribution >= 4 is 15.8 Å². The normalized spacial score (nSPS) is 37.5. The van der Waals surface area contributed by atoms with Gasteiger partial charge in [-0.3, -0.25) is 0 Å². The molecule has 2 aliphatic rings. The van der Waals surface area contributed by atoms with Crippen LogP contribution in [0.2, 0.25) is 0 Å². The van der Waals surface area contributed by atoms with E-state index in [2.05, 4.69) is 20.8 Å². The highest BCUT2D eigenvalue weighted by Crippen LogP contribution is 2.61. The largest absolute Gasteiger partial charge is 0.103 e. The van der Waals surface area contributed by atoms with Gasteiger partial charge < -0.3 is 0 Å². The second kappa shape index (κ2) is 7.59. The summed E-state index contributed by atoms with van der Waals surface area (Å²) in [5.41, 5.74) is 3.43. The highest BCUT2D eigenvalue weighted by atomic mass is 31.1. The summed E-state index contributed by atoms with van der Waals surface area (Å²) < 4.78 is 0. The molecule has 0 nitrogen and oxygen atoms in total. The van der Waals surface area contributed by atoms with Crippen molar-refractivity contribution < 1.29 is 0 Å². The maximum absolute atomic E-state index is 2.44. The minimum Gasteiger partial charge on any atom is -0.103 e. The summed E-state index contributed by atoms with van der Waals surface area (Å²) in [7, 11) is 0.847. The minimum absolute atomic E-state index is 0.404. The molecule has 0 bridgehead atoms. The first-order valence-corrected chi connectivity index (χ1v) is 11.7. The van der Waals surface area contributed by atoms with Crippen molar-refractivity contribution in [2.75, 3.05) is 18.5 Å². The van der Waals surface area contributed by atoms with E-state index in [0.717, 1.165) is 17.0 Å². The standard InChI is InChI=1S/C16H32P2/c1-4-14-8-7-11-17(14)12-13-18-15(5-2)9-10-16(18)6-3/h14-16H,4-13H2,1-3H3/t14?,15-,16-,17?/m1/s1. The highest BCUT2D eigenvalue weighted by molar-refractivity contribution is 7.63. The fourth-order valence-corrected chi connectivity index (χ4v) is 11.9. The fourth-order valence-electron chi connectivity index (χ4n) is 4.15. The summed E-state index contributed by atoms with van der Waals surface area (Å²) in [6.07, 6.45) is 15.6. The van der Waals surface area contributed by atoms with Crippen molar-refractivity contribution in [3.63, 3.8) is 0 Å². The molecule has 0 saturated carbocycles. The Hall–Kier alpha value is 0.860. The number of hydrogen-bond acceptors (Lipinski definition) is 0. The molecule has 0 radical (unpaired) electrons. The molecule has 4 atom stereocenters. The van der Waals surface area contributed by atoms with E-state index in [9.17, 15) is 0 Å². The molecule has 2 rings (SSSR count). The molecule has 2 fully saturated rings. The fraction of sp³-hybridized carbons (Fsp3) is 1.00. The molecule has 106 valence electrons. The molecule has 2 heteroatoms. The zero-order chi connectivity index (χ0) is 13.0. The van der Waals surface area contributed by atoms with Crippen molar-refractivity contribution in [1.29, 1.82) is 0 Å². The molecule has 2 heterocycles. The van der Waals surface area contributed by atoms with Gasteiger partial charge in [-0.1, -0.05) is 20.8 Å². The van der Waals surface area contributed by atoms with Crippen LogP contribution in [0.5, 0.6) is 0 Å². The van der Waals surface area contributed by atoms with Crippen molar-refractivity contribution in [2.45, 2.75) is 82.7 Å². The third kappa shape index (κ3) is 3.49. The van der Waals surface area contributed by atoms with Crippen LogP contribution in [0.3, 0.4) is 0 Å². The van der Waals surface area contributed by atoms with Gasteiger partial charge in [-0.15, -0.1) is 15.8 Å². The van der Waals surface area contributed by atoms with Crippen LogP contribution in [0.1, 0.15) is 65.7 Å². The van der Waals surface area contributed by atoms with Gasteiger partial charge >= 0.3 is 0 Å². The summed E-state index contributed by atoms with van der Waals surface area (Å²) in [6.45, 7) is 7.30. The summed E-state index contributed by atoms with van der Waals surface area (Å²) in [6, 6.07) is 0. The van der Waals surface area contributed by atoms with Gasteiger partial charge in [0.1, 0.15) is 0 Å². The van der Waals surface area contributed by atoms with Crippen molar-refractivity contribution in [1.82, 2.24) is 0 Å². The van der Waals surface area contributed by atoms with Gasteiger partial charge in [-0.2, -0.15) is 0 Å². The second-order valence-corrected chi connectivity index (χ2v) is 11.9. The summed E-state index contributed by atoms with van der Waals surface area (Å²) in [4.78, 5) is 0. The lowest BCUT2D eigenvalue weighted by Crippen LogP contribution is -2.09. The molecule has 0 spiro atoms. The monoisotopic (exact) mass is 286 g/mol. The second-order valence-electron chi connectivity index (χ2n) is 6.18. The predicted molar refractivity (Wildman–Crippen MR) is 89.1 cm³/mol. The SMILES string of the molecule is CCC1CCCP1CCP1[C@H](CC)CC[C@H]1CC. The van der Waals surface area contributed by atoms with E-state index in [-0.39, 0.29) is 0 Å². The maximum Gasteiger partial charge on any atom is -0.0209 e. The Morgan fingerprint density at radius 1 is 0.778 bits per heavy atom. The van der Waals surface area contributed by atoms with Gasteiger partial charge in [0, 0.05) is 0 Å². The van der Waals surface area contributed by atoms with Crippen LogP contribution in [0.15, 0.2) is 0 Å². The highest BCUT2D eigenvalue weighted by Gasteiger charge is 2.34. The first-order chi connectivity index (χ1) is 8.80. The van der Waals surface area contributed by atoms with E-state index in [4.69, 9.17) is 0 Å². The van der Waals surface area contributed by atoms with Gasteiger partial charge in [-0.25, -0.2) is 0 Å². The van der Waals surface area contributed by atoms with Crippen molar-refractivity contribution in [3.8, 4) is 0 Å². The Labute approximate surface area is 117 Å². The molecule has 2 saturated heterocycles. The molecule has 0 aromatic carbocycles. The molecule has 0 aliphatic carbocycles. The zero-order valence-corrected chi connectivity index (χ0v) is 14.5. The summed E-state index contributed by atoms with van der Waals surface area (Å²) >= 11 is 0. The van der Waals surface area contributed by atoms with Crippen LogP contribution in [-0.4, -0.2) is 35.5 Å². The molecule has 0 aromatic rings. The average Bonchev–Trinajstić information content (AvgIpc) is 3.01. The Balaban J connectivity index is 1.83. The lowest BCUT2D eigenvalue weighted by atomic mass is 10.1. The van der Waals surface area contributed by atoms with Gasteiger partial charge in [-0.05, 0) is 80.4 Å². The zero-order valence-electron chi connectivity index (χ0n) is 12.7. The third-order valence-electron chi connectivity index (χ3n) is 5.33. The molecule has 2 unspecified atom stereocenters. The Morgan fingerprint density at radius 2 is 1.39 bits per heavy atom.